The predicted octanol–water partition coefficient (Wildman–Crippen LogP) is 2.55. The van der Waals surface area contributed by atoms with Crippen molar-refractivity contribution >= 4 is 11.7 Å². The van der Waals surface area contributed by atoms with Crippen LogP contribution < -0.4 is 10.6 Å². The number of amides is 1. The number of hydrogen-bond acceptors (Lipinski definition) is 5. The van der Waals surface area contributed by atoms with Gasteiger partial charge in [-0.2, -0.15) is 0 Å². The first-order valence-electron chi connectivity index (χ1n) is 8.08. The van der Waals surface area contributed by atoms with Crippen LogP contribution in [0.3, 0.4) is 0 Å². The molecule has 1 fully saturated rings. The summed E-state index contributed by atoms with van der Waals surface area (Å²) in [4.78, 5) is 24.7. The van der Waals surface area contributed by atoms with E-state index in [0.717, 1.165) is 24.4 Å². The van der Waals surface area contributed by atoms with Crippen molar-refractivity contribution in [1.29, 1.82) is 0 Å². The standard InChI is InChI=1S/C17H21N5O/c23-17(19-11-14-8-4-5-9-18-14)15-10-16(21-12-20-15)22-13-6-2-1-3-7-13/h4-5,8-10,12-13H,1-3,6-7,11H2,(H,19,23)(H,20,21,22). The lowest BCUT2D eigenvalue weighted by Gasteiger charge is -2.23. The molecule has 0 atom stereocenters. The molecule has 1 aliphatic rings. The Kier molecular flexibility index (Phi) is 5.13. The zero-order valence-electron chi connectivity index (χ0n) is 13.0. The Morgan fingerprint density at radius 3 is 2.78 bits per heavy atom. The number of pyridine rings is 1. The van der Waals surface area contributed by atoms with Crippen LogP contribution in [0, 0.1) is 0 Å². The average Bonchev–Trinajstić information content (AvgIpc) is 2.62. The van der Waals surface area contributed by atoms with Crippen LogP contribution in [0.4, 0.5) is 5.82 Å². The fraction of sp³-hybridized carbons (Fsp3) is 0.412. The van der Waals surface area contributed by atoms with Gasteiger partial charge in [0.1, 0.15) is 17.8 Å². The molecule has 0 aromatic carbocycles. The van der Waals surface area contributed by atoms with E-state index in [1.165, 1.54) is 25.6 Å². The quantitative estimate of drug-likeness (QED) is 0.887. The van der Waals surface area contributed by atoms with E-state index in [4.69, 9.17) is 0 Å². The van der Waals surface area contributed by atoms with E-state index in [9.17, 15) is 4.79 Å². The lowest BCUT2D eigenvalue weighted by atomic mass is 9.95. The van der Waals surface area contributed by atoms with Crippen molar-refractivity contribution in [2.75, 3.05) is 5.32 Å². The highest BCUT2D eigenvalue weighted by molar-refractivity contribution is 5.92. The van der Waals surface area contributed by atoms with E-state index >= 15 is 0 Å². The van der Waals surface area contributed by atoms with E-state index in [1.807, 2.05) is 18.2 Å². The highest BCUT2D eigenvalue weighted by atomic mass is 16.1. The van der Waals surface area contributed by atoms with Gasteiger partial charge in [-0.15, -0.1) is 0 Å². The lowest BCUT2D eigenvalue weighted by Crippen LogP contribution is -2.26. The number of anilines is 1. The number of carbonyl (C=O) groups excluding carboxylic acids is 1. The van der Waals surface area contributed by atoms with Gasteiger partial charge < -0.3 is 10.6 Å². The molecule has 0 saturated heterocycles. The third-order valence-corrected chi connectivity index (χ3v) is 4.01. The summed E-state index contributed by atoms with van der Waals surface area (Å²) in [7, 11) is 0. The molecule has 0 unspecified atom stereocenters. The number of hydrogen-bond donors (Lipinski definition) is 2. The van der Waals surface area contributed by atoms with Gasteiger partial charge in [0, 0.05) is 18.3 Å². The molecule has 2 aromatic rings. The van der Waals surface area contributed by atoms with Gasteiger partial charge in [0.25, 0.3) is 5.91 Å². The lowest BCUT2D eigenvalue weighted by molar-refractivity contribution is 0.0945. The molecule has 1 saturated carbocycles. The molecule has 3 rings (SSSR count). The Morgan fingerprint density at radius 2 is 2.00 bits per heavy atom. The van der Waals surface area contributed by atoms with Crippen molar-refractivity contribution in [3.05, 3.63) is 48.2 Å². The summed E-state index contributed by atoms with van der Waals surface area (Å²) in [5, 5.41) is 6.23. The van der Waals surface area contributed by atoms with Gasteiger partial charge in [-0.3, -0.25) is 9.78 Å². The van der Waals surface area contributed by atoms with Gasteiger partial charge in [0.15, 0.2) is 0 Å². The highest BCUT2D eigenvalue weighted by Gasteiger charge is 2.15. The molecule has 0 bridgehead atoms. The molecule has 6 nitrogen and oxygen atoms in total. The number of aromatic nitrogens is 3. The minimum atomic E-state index is -0.218. The van der Waals surface area contributed by atoms with Gasteiger partial charge >= 0.3 is 0 Å². The van der Waals surface area contributed by atoms with Crippen LogP contribution in [0.1, 0.15) is 48.3 Å². The topological polar surface area (TPSA) is 79.8 Å². The van der Waals surface area contributed by atoms with E-state index in [1.54, 1.807) is 12.3 Å². The summed E-state index contributed by atoms with van der Waals surface area (Å²) >= 11 is 0. The Hall–Kier alpha value is -2.50. The fourth-order valence-corrected chi connectivity index (χ4v) is 2.78. The number of nitrogens with one attached hydrogen (secondary N) is 2. The molecule has 0 spiro atoms. The summed E-state index contributed by atoms with van der Waals surface area (Å²) in [6.07, 6.45) is 9.26. The van der Waals surface area contributed by atoms with Crippen LogP contribution in [-0.4, -0.2) is 26.9 Å². The van der Waals surface area contributed by atoms with Crippen molar-refractivity contribution in [3.8, 4) is 0 Å². The Balaban J connectivity index is 1.58. The van der Waals surface area contributed by atoms with Gasteiger partial charge in [-0.05, 0) is 25.0 Å². The molecular weight excluding hydrogens is 290 g/mol. The maximum Gasteiger partial charge on any atom is 0.270 e. The largest absolute Gasteiger partial charge is 0.367 e. The number of nitrogens with zero attached hydrogens (tertiary/aromatic N) is 3. The van der Waals surface area contributed by atoms with Gasteiger partial charge in [-0.25, -0.2) is 9.97 Å². The normalized spacial score (nSPS) is 15.1. The predicted molar refractivity (Wildman–Crippen MR) is 87.9 cm³/mol. The molecule has 2 heterocycles. The zero-order chi connectivity index (χ0) is 15.9. The van der Waals surface area contributed by atoms with Gasteiger partial charge in [0.2, 0.25) is 0 Å². The smallest absolute Gasteiger partial charge is 0.270 e. The van der Waals surface area contributed by atoms with Crippen LogP contribution in [-0.2, 0) is 6.54 Å². The summed E-state index contributed by atoms with van der Waals surface area (Å²) in [6, 6.07) is 7.77. The second kappa shape index (κ2) is 7.67. The Labute approximate surface area is 135 Å². The van der Waals surface area contributed by atoms with Crippen LogP contribution in [0.5, 0.6) is 0 Å². The minimum Gasteiger partial charge on any atom is -0.367 e. The SMILES string of the molecule is O=C(NCc1ccccn1)c1cc(NC2CCCCC2)ncn1. The third-order valence-electron chi connectivity index (χ3n) is 4.01. The van der Waals surface area contributed by atoms with Crippen molar-refractivity contribution in [1.82, 2.24) is 20.3 Å². The zero-order valence-corrected chi connectivity index (χ0v) is 13.0. The van der Waals surface area contributed by atoms with E-state index in [-0.39, 0.29) is 5.91 Å². The van der Waals surface area contributed by atoms with Crippen LogP contribution in [0.25, 0.3) is 0 Å². The van der Waals surface area contributed by atoms with E-state index in [0.29, 0.717) is 18.3 Å². The summed E-state index contributed by atoms with van der Waals surface area (Å²) in [5.74, 6) is 0.500. The van der Waals surface area contributed by atoms with Crippen LogP contribution in [0.15, 0.2) is 36.8 Å². The second-order valence-electron chi connectivity index (χ2n) is 5.77. The van der Waals surface area contributed by atoms with Gasteiger partial charge in [0.05, 0.1) is 12.2 Å². The van der Waals surface area contributed by atoms with Gasteiger partial charge in [-0.1, -0.05) is 25.3 Å². The Morgan fingerprint density at radius 1 is 1.13 bits per heavy atom. The molecule has 120 valence electrons. The number of rotatable bonds is 5. The first kappa shape index (κ1) is 15.4. The van der Waals surface area contributed by atoms with Crippen molar-refractivity contribution in [2.45, 2.75) is 44.7 Å². The highest BCUT2D eigenvalue weighted by Crippen LogP contribution is 2.20. The van der Waals surface area contributed by atoms with Crippen LogP contribution in [0.2, 0.25) is 0 Å². The van der Waals surface area contributed by atoms with E-state index in [2.05, 4.69) is 25.6 Å². The molecule has 6 heteroatoms. The Bertz CT molecular complexity index is 640. The second-order valence-corrected chi connectivity index (χ2v) is 5.77. The molecule has 1 aliphatic carbocycles. The first-order chi connectivity index (χ1) is 11.3. The maximum atomic E-state index is 12.2. The summed E-state index contributed by atoms with van der Waals surface area (Å²) in [6.45, 7) is 0.384. The molecule has 0 radical (unpaired) electrons. The summed E-state index contributed by atoms with van der Waals surface area (Å²) < 4.78 is 0. The monoisotopic (exact) mass is 311 g/mol. The molecule has 1 amide bonds. The number of carbonyl (C=O) groups is 1. The van der Waals surface area contributed by atoms with Crippen molar-refractivity contribution < 1.29 is 4.79 Å². The maximum absolute atomic E-state index is 12.2. The fourth-order valence-electron chi connectivity index (χ4n) is 2.78. The third kappa shape index (κ3) is 4.48. The molecule has 23 heavy (non-hydrogen) atoms. The van der Waals surface area contributed by atoms with Crippen molar-refractivity contribution in [3.63, 3.8) is 0 Å². The molecule has 2 N–H and O–H groups in total. The molecule has 2 aromatic heterocycles. The first-order valence-corrected chi connectivity index (χ1v) is 8.08. The average molecular weight is 311 g/mol. The summed E-state index contributed by atoms with van der Waals surface area (Å²) in [5.41, 5.74) is 1.18. The minimum absolute atomic E-state index is 0.218. The molecule has 0 aliphatic heterocycles. The van der Waals surface area contributed by atoms with Crippen LogP contribution >= 0.6 is 0 Å². The van der Waals surface area contributed by atoms with Crippen molar-refractivity contribution in [2.24, 2.45) is 0 Å². The van der Waals surface area contributed by atoms with E-state index < -0.39 is 0 Å². The molecular formula is C17H21N5O.